The van der Waals surface area contributed by atoms with Gasteiger partial charge >= 0.3 is 5.97 Å². The molecule has 3 atom stereocenters. The standard InChI is InChI=1S/C14H25NO3S/c1-5-18-13(16)9-19-12(4)14(17)15-7-10(2)6-11(3)8-15/h10-12H,5-9H2,1-4H3. The molecular formula is C14H25NO3S. The van der Waals surface area contributed by atoms with Gasteiger partial charge in [-0.25, -0.2) is 0 Å². The molecule has 0 aromatic carbocycles. The minimum Gasteiger partial charge on any atom is -0.465 e. The smallest absolute Gasteiger partial charge is 0.315 e. The first-order chi connectivity index (χ1) is 8.93. The fourth-order valence-corrected chi connectivity index (χ4v) is 3.33. The van der Waals surface area contributed by atoms with Crippen LogP contribution in [0.2, 0.25) is 0 Å². The van der Waals surface area contributed by atoms with Gasteiger partial charge in [-0.15, -0.1) is 11.8 Å². The largest absolute Gasteiger partial charge is 0.465 e. The van der Waals surface area contributed by atoms with Crippen LogP contribution in [0.3, 0.4) is 0 Å². The average Bonchev–Trinajstić information content (AvgIpc) is 2.34. The molecule has 1 amide bonds. The van der Waals surface area contributed by atoms with Crippen molar-refractivity contribution < 1.29 is 14.3 Å². The second-order valence-corrected chi connectivity index (χ2v) is 6.78. The van der Waals surface area contributed by atoms with Crippen LogP contribution >= 0.6 is 11.8 Å². The number of carbonyl (C=O) groups excluding carboxylic acids is 2. The zero-order valence-electron chi connectivity index (χ0n) is 12.3. The van der Waals surface area contributed by atoms with Gasteiger partial charge in [-0.3, -0.25) is 9.59 Å². The SMILES string of the molecule is CCOC(=O)CSC(C)C(=O)N1CC(C)CC(C)C1. The Morgan fingerprint density at radius 3 is 2.42 bits per heavy atom. The third-order valence-electron chi connectivity index (χ3n) is 3.28. The van der Waals surface area contributed by atoms with Crippen LogP contribution in [0.15, 0.2) is 0 Å². The molecule has 110 valence electrons. The van der Waals surface area contributed by atoms with Crippen molar-refractivity contribution in [2.24, 2.45) is 11.8 Å². The molecule has 1 rings (SSSR count). The highest BCUT2D eigenvalue weighted by Gasteiger charge is 2.28. The van der Waals surface area contributed by atoms with Crippen molar-refractivity contribution in [3.8, 4) is 0 Å². The quantitative estimate of drug-likeness (QED) is 0.727. The lowest BCUT2D eigenvalue weighted by atomic mass is 9.92. The number of hydrogen-bond donors (Lipinski definition) is 0. The molecule has 0 aromatic rings. The molecule has 0 aliphatic carbocycles. The van der Waals surface area contributed by atoms with Crippen molar-refractivity contribution in [2.45, 2.75) is 39.4 Å². The minimum absolute atomic E-state index is 0.146. The van der Waals surface area contributed by atoms with Crippen molar-refractivity contribution in [1.29, 1.82) is 0 Å². The Morgan fingerprint density at radius 2 is 1.89 bits per heavy atom. The van der Waals surface area contributed by atoms with Gasteiger partial charge in [0, 0.05) is 13.1 Å². The van der Waals surface area contributed by atoms with E-state index in [1.54, 1.807) is 6.92 Å². The van der Waals surface area contributed by atoms with Crippen LogP contribution in [-0.2, 0) is 14.3 Å². The number of esters is 1. The van der Waals surface area contributed by atoms with E-state index < -0.39 is 0 Å². The summed E-state index contributed by atoms with van der Waals surface area (Å²) in [6.45, 7) is 10.1. The number of rotatable bonds is 5. The molecule has 1 saturated heterocycles. The van der Waals surface area contributed by atoms with Crippen molar-refractivity contribution in [3.63, 3.8) is 0 Å². The van der Waals surface area contributed by atoms with Gasteiger partial charge in [-0.05, 0) is 32.1 Å². The molecule has 1 heterocycles. The van der Waals surface area contributed by atoms with Gasteiger partial charge in [0.05, 0.1) is 17.6 Å². The average molecular weight is 287 g/mol. The summed E-state index contributed by atoms with van der Waals surface area (Å²) < 4.78 is 4.87. The molecule has 3 unspecified atom stereocenters. The zero-order valence-corrected chi connectivity index (χ0v) is 13.2. The van der Waals surface area contributed by atoms with Crippen LogP contribution in [0.1, 0.15) is 34.1 Å². The summed E-state index contributed by atoms with van der Waals surface area (Å²) in [6.07, 6.45) is 1.19. The maximum Gasteiger partial charge on any atom is 0.315 e. The van der Waals surface area contributed by atoms with Crippen LogP contribution in [0.4, 0.5) is 0 Å². The first kappa shape index (κ1) is 16.3. The summed E-state index contributed by atoms with van der Waals surface area (Å²) in [5, 5.41) is -0.179. The van der Waals surface area contributed by atoms with Crippen LogP contribution in [0.25, 0.3) is 0 Å². The van der Waals surface area contributed by atoms with Gasteiger partial charge in [0.15, 0.2) is 0 Å². The molecule has 1 fully saturated rings. The maximum absolute atomic E-state index is 12.3. The zero-order chi connectivity index (χ0) is 14.4. The molecule has 0 N–H and O–H groups in total. The molecule has 1 aliphatic rings. The summed E-state index contributed by atoms with van der Waals surface area (Å²) in [4.78, 5) is 25.5. The van der Waals surface area contributed by atoms with E-state index >= 15 is 0 Å². The van der Waals surface area contributed by atoms with Crippen molar-refractivity contribution >= 4 is 23.6 Å². The van der Waals surface area contributed by atoms with E-state index in [2.05, 4.69) is 13.8 Å². The predicted octanol–water partition coefficient (Wildman–Crippen LogP) is 2.18. The lowest BCUT2D eigenvalue weighted by Gasteiger charge is -2.36. The van der Waals surface area contributed by atoms with Crippen LogP contribution in [0.5, 0.6) is 0 Å². The molecule has 0 bridgehead atoms. The van der Waals surface area contributed by atoms with Crippen LogP contribution < -0.4 is 0 Å². The van der Waals surface area contributed by atoms with E-state index in [1.807, 2.05) is 11.8 Å². The topological polar surface area (TPSA) is 46.6 Å². The Hall–Kier alpha value is -0.710. The first-order valence-electron chi connectivity index (χ1n) is 7.00. The van der Waals surface area contributed by atoms with Crippen molar-refractivity contribution in [3.05, 3.63) is 0 Å². The van der Waals surface area contributed by atoms with E-state index in [4.69, 9.17) is 4.74 Å². The monoisotopic (exact) mass is 287 g/mol. The first-order valence-corrected chi connectivity index (χ1v) is 8.04. The molecule has 0 spiro atoms. The number of likely N-dealkylation sites (tertiary alicyclic amines) is 1. The number of amides is 1. The molecule has 1 aliphatic heterocycles. The van der Waals surface area contributed by atoms with Crippen molar-refractivity contribution in [1.82, 2.24) is 4.90 Å². The highest BCUT2D eigenvalue weighted by molar-refractivity contribution is 8.01. The third kappa shape index (κ3) is 5.43. The molecule has 0 saturated carbocycles. The van der Waals surface area contributed by atoms with Gasteiger partial charge < -0.3 is 9.64 Å². The number of ether oxygens (including phenoxy) is 1. The maximum atomic E-state index is 12.3. The lowest BCUT2D eigenvalue weighted by molar-refractivity contribution is -0.139. The van der Waals surface area contributed by atoms with E-state index in [1.165, 1.54) is 18.2 Å². The molecule has 5 heteroatoms. The third-order valence-corrected chi connectivity index (χ3v) is 4.39. The molecular weight excluding hydrogens is 262 g/mol. The van der Waals surface area contributed by atoms with Crippen LogP contribution in [-0.4, -0.2) is 47.5 Å². The Morgan fingerprint density at radius 1 is 1.32 bits per heavy atom. The highest BCUT2D eigenvalue weighted by atomic mass is 32.2. The summed E-state index contributed by atoms with van der Waals surface area (Å²) in [5.41, 5.74) is 0. The fraction of sp³-hybridized carbons (Fsp3) is 0.857. The Bertz CT molecular complexity index is 312. The predicted molar refractivity (Wildman–Crippen MR) is 78.1 cm³/mol. The summed E-state index contributed by atoms with van der Waals surface area (Å²) in [5.74, 6) is 1.28. The second kappa shape index (κ2) is 7.78. The van der Waals surface area contributed by atoms with Gasteiger partial charge in [-0.2, -0.15) is 0 Å². The normalized spacial score (nSPS) is 24.9. The summed E-state index contributed by atoms with van der Waals surface area (Å²) in [6, 6.07) is 0. The fourth-order valence-electron chi connectivity index (χ4n) is 2.57. The van der Waals surface area contributed by atoms with E-state index in [9.17, 15) is 9.59 Å². The molecule has 19 heavy (non-hydrogen) atoms. The van der Waals surface area contributed by atoms with E-state index in [0.717, 1.165) is 13.1 Å². The van der Waals surface area contributed by atoms with Gasteiger partial charge in [0.25, 0.3) is 0 Å². The molecule has 0 radical (unpaired) electrons. The number of nitrogens with zero attached hydrogens (tertiary/aromatic N) is 1. The molecule has 0 aromatic heterocycles. The Labute approximate surface area is 120 Å². The number of piperidine rings is 1. The van der Waals surface area contributed by atoms with Gasteiger partial charge in [-0.1, -0.05) is 13.8 Å². The Balaban J connectivity index is 2.41. The Kier molecular flexibility index (Phi) is 6.69. The highest BCUT2D eigenvalue weighted by Crippen LogP contribution is 2.23. The van der Waals surface area contributed by atoms with Crippen molar-refractivity contribution in [2.75, 3.05) is 25.4 Å². The van der Waals surface area contributed by atoms with E-state index in [0.29, 0.717) is 18.4 Å². The minimum atomic E-state index is -0.243. The van der Waals surface area contributed by atoms with Gasteiger partial charge in [0.1, 0.15) is 0 Å². The second-order valence-electron chi connectivity index (χ2n) is 5.45. The number of thioether (sulfide) groups is 1. The summed E-state index contributed by atoms with van der Waals surface area (Å²) >= 11 is 1.36. The molecule has 4 nitrogen and oxygen atoms in total. The lowest BCUT2D eigenvalue weighted by Crippen LogP contribution is -2.45. The number of hydrogen-bond acceptors (Lipinski definition) is 4. The van der Waals surface area contributed by atoms with Crippen LogP contribution in [0, 0.1) is 11.8 Å². The summed E-state index contributed by atoms with van der Waals surface area (Å²) in [7, 11) is 0. The van der Waals surface area contributed by atoms with E-state index in [-0.39, 0.29) is 22.9 Å². The number of carbonyl (C=O) groups is 2. The van der Waals surface area contributed by atoms with Gasteiger partial charge in [0.2, 0.25) is 5.91 Å².